The molecule has 1 aromatic heterocycles. The molecule has 0 spiro atoms. The number of hydrogen-bond acceptors (Lipinski definition) is 5. The molecule has 1 amide bonds. The molecule has 28 heavy (non-hydrogen) atoms. The summed E-state index contributed by atoms with van der Waals surface area (Å²) in [6.07, 6.45) is 2.05. The number of anilines is 1. The van der Waals surface area contributed by atoms with Gasteiger partial charge in [-0.1, -0.05) is 23.5 Å². The zero-order chi connectivity index (χ0) is 19.3. The van der Waals surface area contributed by atoms with E-state index in [4.69, 9.17) is 9.72 Å². The number of ether oxygens (including phenoxy) is 1. The molecule has 0 unspecified atom stereocenters. The number of thiazole rings is 1. The molecule has 1 aliphatic heterocycles. The summed E-state index contributed by atoms with van der Waals surface area (Å²) in [5.41, 5.74) is 1.05. The highest BCUT2D eigenvalue weighted by Gasteiger charge is 2.22. The Morgan fingerprint density at radius 1 is 1.18 bits per heavy atom. The first-order chi connectivity index (χ1) is 13.7. The van der Waals surface area contributed by atoms with Crippen LogP contribution in [0.15, 0.2) is 48.5 Å². The molecule has 0 radical (unpaired) electrons. The van der Waals surface area contributed by atoms with Crippen LogP contribution in [0.2, 0.25) is 0 Å². The fourth-order valence-corrected chi connectivity index (χ4v) is 4.33. The number of aromatic nitrogens is 1. The summed E-state index contributed by atoms with van der Waals surface area (Å²) < 4.78 is 19.4. The van der Waals surface area contributed by atoms with Crippen molar-refractivity contribution >= 4 is 32.6 Å². The van der Waals surface area contributed by atoms with Gasteiger partial charge in [0.15, 0.2) is 11.7 Å². The lowest BCUT2D eigenvalue weighted by Crippen LogP contribution is -2.39. The zero-order valence-electron chi connectivity index (χ0n) is 15.4. The molecule has 5 nitrogen and oxygen atoms in total. The molecule has 0 atom stereocenters. The Bertz CT molecular complexity index is 903. The Balaban J connectivity index is 1.20. The summed E-state index contributed by atoms with van der Waals surface area (Å²) in [6.45, 7) is 2.49. The van der Waals surface area contributed by atoms with Crippen molar-refractivity contribution in [2.45, 2.75) is 12.8 Å². The van der Waals surface area contributed by atoms with Crippen molar-refractivity contribution in [3.8, 4) is 5.75 Å². The third kappa shape index (κ3) is 4.59. The number of nitrogens with zero attached hydrogens (tertiary/aromatic N) is 2. The highest BCUT2D eigenvalue weighted by atomic mass is 32.1. The van der Waals surface area contributed by atoms with E-state index >= 15 is 0 Å². The average molecular weight is 399 g/mol. The Labute approximate surface area is 167 Å². The topological polar surface area (TPSA) is 54.5 Å². The van der Waals surface area contributed by atoms with Gasteiger partial charge in [0.25, 0.3) is 5.91 Å². The minimum Gasteiger partial charge on any atom is -0.484 e. The van der Waals surface area contributed by atoms with Crippen LogP contribution in [0.5, 0.6) is 5.75 Å². The van der Waals surface area contributed by atoms with Crippen molar-refractivity contribution in [3.05, 3.63) is 54.3 Å². The van der Waals surface area contributed by atoms with Gasteiger partial charge in [0, 0.05) is 19.6 Å². The van der Waals surface area contributed by atoms with Crippen LogP contribution in [0.25, 0.3) is 10.2 Å². The number of carbonyl (C=O) groups excluding carboxylic acids is 1. The van der Waals surface area contributed by atoms with Crippen molar-refractivity contribution in [2.75, 3.05) is 31.1 Å². The molecule has 1 aliphatic rings. The minimum absolute atomic E-state index is 0.0593. The van der Waals surface area contributed by atoms with Crippen molar-refractivity contribution in [1.29, 1.82) is 0 Å². The number of carbonyl (C=O) groups is 1. The Kier molecular flexibility index (Phi) is 5.71. The molecule has 0 aliphatic carbocycles. The molecule has 4 rings (SSSR count). The van der Waals surface area contributed by atoms with E-state index < -0.39 is 0 Å². The summed E-state index contributed by atoms with van der Waals surface area (Å²) in [6, 6.07) is 13.9. The fourth-order valence-electron chi connectivity index (χ4n) is 3.31. The van der Waals surface area contributed by atoms with Gasteiger partial charge in [-0.05, 0) is 55.2 Å². The summed E-state index contributed by atoms with van der Waals surface area (Å²) in [7, 11) is 0. The number of benzene rings is 2. The molecule has 0 bridgehead atoms. The number of fused-ring (bicyclic) bond motifs is 1. The number of piperidine rings is 1. The first-order valence-corrected chi connectivity index (χ1v) is 10.2. The Hall–Kier alpha value is -2.67. The summed E-state index contributed by atoms with van der Waals surface area (Å²) in [4.78, 5) is 19.0. The van der Waals surface area contributed by atoms with E-state index in [1.807, 2.05) is 18.2 Å². The van der Waals surface area contributed by atoms with Gasteiger partial charge in [-0.15, -0.1) is 0 Å². The van der Waals surface area contributed by atoms with Gasteiger partial charge in [0.1, 0.15) is 11.6 Å². The largest absolute Gasteiger partial charge is 0.484 e. The Morgan fingerprint density at radius 2 is 1.93 bits per heavy atom. The molecular formula is C21H22FN3O2S. The molecule has 7 heteroatoms. The van der Waals surface area contributed by atoms with E-state index in [0.717, 1.165) is 36.6 Å². The van der Waals surface area contributed by atoms with Crippen molar-refractivity contribution in [1.82, 2.24) is 10.3 Å². The molecule has 3 aromatic rings. The van der Waals surface area contributed by atoms with Gasteiger partial charge >= 0.3 is 0 Å². The third-order valence-corrected chi connectivity index (χ3v) is 6.04. The summed E-state index contributed by atoms with van der Waals surface area (Å²) in [5, 5.41) is 4.02. The van der Waals surface area contributed by atoms with E-state index in [-0.39, 0.29) is 18.3 Å². The predicted molar refractivity (Wildman–Crippen MR) is 109 cm³/mol. The van der Waals surface area contributed by atoms with Crippen LogP contribution >= 0.6 is 11.3 Å². The number of rotatable bonds is 6. The normalized spacial score (nSPS) is 15.0. The smallest absolute Gasteiger partial charge is 0.257 e. The lowest BCUT2D eigenvalue weighted by Gasteiger charge is -2.31. The second-order valence-corrected chi connectivity index (χ2v) is 7.95. The summed E-state index contributed by atoms with van der Waals surface area (Å²) in [5.74, 6) is 0.466. The van der Waals surface area contributed by atoms with Crippen LogP contribution < -0.4 is 15.0 Å². The average Bonchev–Trinajstić information content (AvgIpc) is 3.16. The van der Waals surface area contributed by atoms with Crippen LogP contribution in [0.3, 0.4) is 0 Å². The highest BCUT2D eigenvalue weighted by molar-refractivity contribution is 7.22. The van der Waals surface area contributed by atoms with Crippen molar-refractivity contribution < 1.29 is 13.9 Å². The van der Waals surface area contributed by atoms with Gasteiger partial charge in [0.2, 0.25) is 0 Å². The van der Waals surface area contributed by atoms with Gasteiger partial charge in [0.05, 0.1) is 10.2 Å². The summed E-state index contributed by atoms with van der Waals surface area (Å²) >= 11 is 1.73. The standard InChI is InChI=1S/C21H22FN3O2S/c22-16-5-7-17(8-6-16)27-14-20(26)23-13-15-9-11-25(12-10-15)21-24-18-3-1-2-4-19(18)28-21/h1-8,15H,9-14H2,(H,23,26). The van der Waals surface area contributed by atoms with Gasteiger partial charge in [-0.25, -0.2) is 9.37 Å². The minimum atomic E-state index is -0.325. The molecule has 2 heterocycles. The van der Waals surface area contributed by atoms with E-state index in [0.29, 0.717) is 18.2 Å². The number of halogens is 1. The lowest BCUT2D eigenvalue weighted by molar-refractivity contribution is -0.123. The molecule has 1 N–H and O–H groups in total. The fraction of sp³-hybridized carbons (Fsp3) is 0.333. The van der Waals surface area contributed by atoms with E-state index in [2.05, 4.69) is 16.3 Å². The maximum atomic E-state index is 12.9. The number of nitrogens with one attached hydrogen (secondary N) is 1. The van der Waals surface area contributed by atoms with Crippen LogP contribution in [0, 0.1) is 11.7 Å². The second kappa shape index (κ2) is 8.56. The first-order valence-electron chi connectivity index (χ1n) is 9.43. The SMILES string of the molecule is O=C(COc1ccc(F)cc1)NCC1CCN(c2nc3ccccc3s2)CC1. The number of amides is 1. The molecule has 1 fully saturated rings. The third-order valence-electron chi connectivity index (χ3n) is 4.94. The molecule has 146 valence electrons. The predicted octanol–water partition coefficient (Wildman–Crippen LogP) is 3.85. The zero-order valence-corrected chi connectivity index (χ0v) is 16.3. The first kappa shape index (κ1) is 18.7. The molecule has 0 saturated carbocycles. The van der Waals surface area contributed by atoms with E-state index in [9.17, 15) is 9.18 Å². The molecule has 1 saturated heterocycles. The number of para-hydroxylation sites is 1. The maximum Gasteiger partial charge on any atom is 0.257 e. The quantitative estimate of drug-likeness (QED) is 0.684. The van der Waals surface area contributed by atoms with E-state index in [1.165, 1.54) is 29.0 Å². The van der Waals surface area contributed by atoms with Crippen LogP contribution in [-0.2, 0) is 4.79 Å². The maximum absolute atomic E-state index is 12.9. The lowest BCUT2D eigenvalue weighted by atomic mass is 9.97. The van der Waals surface area contributed by atoms with Crippen LogP contribution in [-0.4, -0.2) is 37.1 Å². The number of hydrogen-bond donors (Lipinski definition) is 1. The molecular weight excluding hydrogens is 377 g/mol. The van der Waals surface area contributed by atoms with E-state index in [1.54, 1.807) is 11.3 Å². The Morgan fingerprint density at radius 3 is 2.68 bits per heavy atom. The highest BCUT2D eigenvalue weighted by Crippen LogP contribution is 2.31. The van der Waals surface area contributed by atoms with Gasteiger partial charge in [-0.2, -0.15) is 0 Å². The van der Waals surface area contributed by atoms with Crippen LogP contribution in [0.4, 0.5) is 9.52 Å². The monoisotopic (exact) mass is 399 g/mol. The van der Waals surface area contributed by atoms with Gasteiger partial charge in [-0.3, -0.25) is 4.79 Å². The molecule has 2 aromatic carbocycles. The second-order valence-electron chi connectivity index (χ2n) is 6.94. The van der Waals surface area contributed by atoms with Crippen molar-refractivity contribution in [3.63, 3.8) is 0 Å². The van der Waals surface area contributed by atoms with Crippen LogP contribution in [0.1, 0.15) is 12.8 Å². The van der Waals surface area contributed by atoms with Crippen molar-refractivity contribution in [2.24, 2.45) is 5.92 Å². The van der Waals surface area contributed by atoms with Gasteiger partial charge < -0.3 is 15.0 Å².